The molecule has 2 aromatic rings. The number of halogens is 1. The zero-order valence-corrected chi connectivity index (χ0v) is 20.7. The minimum absolute atomic E-state index is 0.283. The first-order chi connectivity index (χ1) is 15.6. The minimum Gasteiger partial charge on any atom is -0.456 e. The average molecular weight is 466 g/mol. The van der Waals surface area contributed by atoms with Crippen molar-refractivity contribution in [3.63, 3.8) is 0 Å². The molecule has 2 aliphatic heterocycles. The number of rotatable bonds is 3. The van der Waals surface area contributed by atoms with Gasteiger partial charge in [-0.25, -0.2) is 4.79 Å². The van der Waals surface area contributed by atoms with Crippen LogP contribution >= 0.6 is 11.6 Å². The van der Waals surface area contributed by atoms with Crippen molar-refractivity contribution in [1.82, 2.24) is 0 Å². The first-order valence-corrected chi connectivity index (χ1v) is 12.0. The van der Waals surface area contributed by atoms with E-state index in [4.69, 9.17) is 21.6 Å². The summed E-state index contributed by atoms with van der Waals surface area (Å²) < 4.78 is 5.47. The third-order valence-electron chi connectivity index (χ3n) is 6.86. The highest BCUT2D eigenvalue weighted by molar-refractivity contribution is 6.32. The van der Waals surface area contributed by atoms with E-state index in [2.05, 4.69) is 22.8 Å². The van der Waals surface area contributed by atoms with Crippen LogP contribution in [0.3, 0.4) is 0 Å². The lowest BCUT2D eigenvalue weighted by atomic mass is 9.76. The number of carbonyl (C=O) groups excluding carboxylic acids is 1. The van der Waals surface area contributed by atoms with Crippen molar-refractivity contribution >= 4 is 28.9 Å². The summed E-state index contributed by atoms with van der Waals surface area (Å²) in [5.74, 6) is -0.283. The molecule has 0 aliphatic carbocycles. The molecule has 4 rings (SSSR count). The van der Waals surface area contributed by atoms with E-state index in [-0.39, 0.29) is 5.97 Å². The second-order valence-corrected chi connectivity index (χ2v) is 10.9. The van der Waals surface area contributed by atoms with Crippen LogP contribution in [0.4, 0.5) is 11.4 Å². The summed E-state index contributed by atoms with van der Waals surface area (Å²) >= 11 is 6.30. The fraction of sp³-hybridized carbons (Fsp3) is 0.481. The summed E-state index contributed by atoms with van der Waals surface area (Å²) in [5.41, 5.74) is 3.16. The number of ether oxygens (including phenoxy) is 1. The number of nitriles is 1. The summed E-state index contributed by atoms with van der Waals surface area (Å²) in [5, 5.41) is 9.68. The molecule has 0 radical (unpaired) electrons. The van der Waals surface area contributed by atoms with Gasteiger partial charge < -0.3 is 14.5 Å². The summed E-state index contributed by atoms with van der Waals surface area (Å²) in [7, 11) is 0. The maximum absolute atomic E-state index is 12.3. The van der Waals surface area contributed by atoms with Gasteiger partial charge in [0.25, 0.3) is 0 Å². The standard InChI is InChI=1S/C27H32ClN3O2/c1-19-16-27(18-31(19)23-10-7-21(17-29)24(28)15-23)11-13-30(14-12-27)22-8-5-20(6-9-22)25(32)33-26(2,3)4/h5-10,15,19H,11-14,16,18H2,1-4H3. The van der Waals surface area contributed by atoms with Gasteiger partial charge >= 0.3 is 5.97 Å². The highest BCUT2D eigenvalue weighted by atomic mass is 35.5. The van der Waals surface area contributed by atoms with Crippen LogP contribution in [0, 0.1) is 16.7 Å². The molecular weight excluding hydrogens is 434 g/mol. The molecule has 0 N–H and O–H groups in total. The predicted molar refractivity (Wildman–Crippen MR) is 133 cm³/mol. The van der Waals surface area contributed by atoms with Gasteiger partial charge in [-0.15, -0.1) is 0 Å². The van der Waals surface area contributed by atoms with E-state index in [1.54, 1.807) is 0 Å². The molecule has 2 heterocycles. The molecule has 0 aromatic heterocycles. The van der Waals surface area contributed by atoms with Gasteiger partial charge in [-0.2, -0.15) is 5.26 Å². The number of piperidine rings is 1. The Kier molecular flexibility index (Phi) is 6.33. The van der Waals surface area contributed by atoms with Crippen LogP contribution in [0.1, 0.15) is 62.9 Å². The van der Waals surface area contributed by atoms with Crippen molar-refractivity contribution in [3.8, 4) is 6.07 Å². The van der Waals surface area contributed by atoms with Crippen LogP contribution in [-0.2, 0) is 4.74 Å². The average Bonchev–Trinajstić information content (AvgIpc) is 3.08. The molecule has 2 aliphatic rings. The lowest BCUT2D eigenvalue weighted by Crippen LogP contribution is -2.41. The Morgan fingerprint density at radius 3 is 2.33 bits per heavy atom. The second kappa shape index (κ2) is 8.91. The highest BCUT2D eigenvalue weighted by Crippen LogP contribution is 2.45. The normalized spacial score (nSPS) is 20.1. The maximum Gasteiger partial charge on any atom is 0.338 e. The van der Waals surface area contributed by atoms with Gasteiger partial charge in [0.05, 0.1) is 16.1 Å². The maximum atomic E-state index is 12.3. The van der Waals surface area contributed by atoms with Crippen molar-refractivity contribution in [3.05, 3.63) is 58.6 Å². The van der Waals surface area contributed by atoms with Gasteiger partial charge in [0.1, 0.15) is 11.7 Å². The smallest absolute Gasteiger partial charge is 0.338 e. The van der Waals surface area contributed by atoms with Crippen molar-refractivity contribution in [1.29, 1.82) is 5.26 Å². The van der Waals surface area contributed by atoms with E-state index < -0.39 is 5.60 Å². The van der Waals surface area contributed by atoms with Crippen molar-refractivity contribution in [2.45, 2.75) is 58.6 Å². The number of nitrogens with zero attached hydrogens (tertiary/aromatic N) is 3. The van der Waals surface area contributed by atoms with Gasteiger partial charge in [0.15, 0.2) is 0 Å². The third-order valence-corrected chi connectivity index (χ3v) is 7.17. The van der Waals surface area contributed by atoms with Crippen LogP contribution < -0.4 is 9.80 Å². The Morgan fingerprint density at radius 2 is 1.76 bits per heavy atom. The van der Waals surface area contributed by atoms with Crippen LogP contribution in [0.15, 0.2) is 42.5 Å². The second-order valence-electron chi connectivity index (χ2n) is 10.5. The molecule has 0 bridgehead atoms. The Bertz CT molecular complexity index is 1060. The lowest BCUT2D eigenvalue weighted by Gasteiger charge is -2.40. The lowest BCUT2D eigenvalue weighted by molar-refractivity contribution is 0.00695. The first kappa shape index (κ1) is 23.4. The molecule has 2 fully saturated rings. The Hall–Kier alpha value is -2.71. The number of hydrogen-bond acceptors (Lipinski definition) is 5. The zero-order chi connectivity index (χ0) is 23.8. The molecule has 1 unspecified atom stereocenters. The largest absolute Gasteiger partial charge is 0.456 e. The third kappa shape index (κ3) is 5.12. The van der Waals surface area contributed by atoms with Gasteiger partial charge in [0, 0.05) is 37.1 Å². The van der Waals surface area contributed by atoms with Gasteiger partial charge in [-0.05, 0) is 94.8 Å². The fourth-order valence-electron chi connectivity index (χ4n) is 5.18. The number of benzene rings is 2. The summed E-state index contributed by atoms with van der Waals surface area (Å²) in [6.07, 6.45) is 3.42. The molecule has 1 atom stereocenters. The van der Waals surface area contributed by atoms with Gasteiger partial charge in [0.2, 0.25) is 0 Å². The minimum atomic E-state index is -0.494. The Morgan fingerprint density at radius 1 is 1.12 bits per heavy atom. The van der Waals surface area contributed by atoms with E-state index in [9.17, 15) is 4.79 Å². The molecule has 1 spiro atoms. The number of carbonyl (C=O) groups is 1. The molecule has 2 saturated heterocycles. The predicted octanol–water partition coefficient (Wildman–Crippen LogP) is 6.05. The fourth-order valence-corrected chi connectivity index (χ4v) is 5.40. The number of anilines is 2. The van der Waals surface area contributed by atoms with Crippen molar-refractivity contribution in [2.24, 2.45) is 5.41 Å². The van der Waals surface area contributed by atoms with Gasteiger partial charge in [-0.1, -0.05) is 11.6 Å². The molecular formula is C27H32ClN3O2. The SMILES string of the molecule is CC1CC2(CCN(c3ccc(C(=O)OC(C)(C)C)cc3)CC2)CN1c1ccc(C#N)c(Cl)c1. The van der Waals surface area contributed by atoms with Crippen LogP contribution in [0.2, 0.25) is 5.02 Å². The first-order valence-electron chi connectivity index (χ1n) is 11.6. The zero-order valence-electron chi connectivity index (χ0n) is 19.9. The van der Waals surface area contributed by atoms with E-state index in [0.717, 1.165) is 50.3 Å². The molecule has 0 amide bonds. The van der Waals surface area contributed by atoms with Crippen molar-refractivity contribution in [2.75, 3.05) is 29.4 Å². The van der Waals surface area contributed by atoms with E-state index in [0.29, 0.717) is 27.6 Å². The highest BCUT2D eigenvalue weighted by Gasteiger charge is 2.44. The Labute approximate surface area is 201 Å². The molecule has 33 heavy (non-hydrogen) atoms. The summed E-state index contributed by atoms with van der Waals surface area (Å²) in [4.78, 5) is 17.1. The quantitative estimate of drug-likeness (QED) is 0.516. The number of hydrogen-bond donors (Lipinski definition) is 0. The Balaban J connectivity index is 1.39. The van der Waals surface area contributed by atoms with E-state index in [1.807, 2.05) is 63.2 Å². The molecule has 5 nitrogen and oxygen atoms in total. The molecule has 6 heteroatoms. The molecule has 174 valence electrons. The molecule has 2 aromatic carbocycles. The van der Waals surface area contributed by atoms with Gasteiger partial charge in [-0.3, -0.25) is 0 Å². The monoisotopic (exact) mass is 465 g/mol. The van der Waals surface area contributed by atoms with Crippen LogP contribution in [0.5, 0.6) is 0 Å². The van der Waals surface area contributed by atoms with E-state index >= 15 is 0 Å². The molecule has 0 saturated carbocycles. The van der Waals surface area contributed by atoms with Crippen LogP contribution in [-0.4, -0.2) is 37.2 Å². The summed E-state index contributed by atoms with van der Waals surface area (Å²) in [6.45, 7) is 10.9. The number of esters is 1. The van der Waals surface area contributed by atoms with Crippen LogP contribution in [0.25, 0.3) is 0 Å². The van der Waals surface area contributed by atoms with Crippen molar-refractivity contribution < 1.29 is 9.53 Å². The topological polar surface area (TPSA) is 56.6 Å². The van der Waals surface area contributed by atoms with E-state index in [1.165, 1.54) is 0 Å². The summed E-state index contributed by atoms with van der Waals surface area (Å²) in [6, 6.07) is 16.1.